The number of hydrogen-bond acceptors (Lipinski definition) is 10. The van der Waals surface area contributed by atoms with E-state index in [1.165, 1.54) is 18.4 Å². The van der Waals surface area contributed by atoms with Crippen LogP contribution in [0.25, 0.3) is 0 Å². The van der Waals surface area contributed by atoms with Crippen molar-refractivity contribution in [1.82, 2.24) is 9.80 Å². The summed E-state index contributed by atoms with van der Waals surface area (Å²) in [5.74, 6) is 0.00857. The zero-order chi connectivity index (χ0) is 27.9. The van der Waals surface area contributed by atoms with Gasteiger partial charge in [-0.25, -0.2) is 0 Å². The standard InChI is InChI=1S/C25H24N4O9S/c1-36-7-6-26(25(31)18-10-19(28(32)33)12-20(11-18)29(34)35)15-24(30)27(14-21-3-2-8-39-21)13-17-4-5-22-23(9-17)38-16-37-22/h2-5,8-12H,6-7,13-16H2,1H3. The summed E-state index contributed by atoms with van der Waals surface area (Å²) in [6.07, 6.45) is 0. The van der Waals surface area contributed by atoms with Crippen molar-refractivity contribution in [2.45, 2.75) is 13.1 Å². The first-order chi connectivity index (χ1) is 18.7. The van der Waals surface area contributed by atoms with E-state index in [9.17, 15) is 29.8 Å². The molecule has 2 amide bonds. The highest BCUT2D eigenvalue weighted by atomic mass is 32.1. The Bertz CT molecular complexity index is 1350. The Kier molecular flexibility index (Phi) is 8.68. The predicted molar refractivity (Wildman–Crippen MR) is 139 cm³/mol. The Morgan fingerprint density at radius 1 is 0.974 bits per heavy atom. The van der Waals surface area contributed by atoms with Crippen LogP contribution in [0.1, 0.15) is 20.8 Å². The molecule has 14 heteroatoms. The summed E-state index contributed by atoms with van der Waals surface area (Å²) in [4.78, 5) is 51.6. The van der Waals surface area contributed by atoms with E-state index in [-0.39, 0.29) is 45.1 Å². The molecule has 0 saturated heterocycles. The van der Waals surface area contributed by atoms with Crippen LogP contribution in [0.4, 0.5) is 11.4 Å². The number of carbonyl (C=O) groups excluding carboxylic acids is 2. The molecule has 0 bridgehead atoms. The van der Waals surface area contributed by atoms with Crippen molar-refractivity contribution in [3.8, 4) is 11.5 Å². The van der Waals surface area contributed by atoms with Crippen LogP contribution in [-0.4, -0.2) is 65.1 Å². The number of nitro groups is 2. The van der Waals surface area contributed by atoms with Crippen molar-refractivity contribution in [2.75, 3.05) is 33.6 Å². The lowest BCUT2D eigenvalue weighted by molar-refractivity contribution is -0.394. The molecular formula is C25H24N4O9S. The third-order valence-corrected chi connectivity index (χ3v) is 6.70. The molecule has 3 aromatic rings. The molecule has 2 aromatic carbocycles. The van der Waals surface area contributed by atoms with E-state index in [0.29, 0.717) is 11.5 Å². The maximum absolute atomic E-state index is 13.6. The van der Waals surface area contributed by atoms with Crippen LogP contribution in [0.3, 0.4) is 0 Å². The molecule has 0 saturated carbocycles. The maximum Gasteiger partial charge on any atom is 0.277 e. The number of ether oxygens (including phenoxy) is 3. The molecule has 1 aliphatic heterocycles. The fourth-order valence-electron chi connectivity index (χ4n) is 3.91. The Morgan fingerprint density at radius 2 is 1.69 bits per heavy atom. The summed E-state index contributed by atoms with van der Waals surface area (Å²) in [7, 11) is 1.42. The van der Waals surface area contributed by atoms with Crippen LogP contribution in [0.5, 0.6) is 11.5 Å². The normalized spacial score (nSPS) is 11.7. The van der Waals surface area contributed by atoms with Crippen LogP contribution >= 0.6 is 11.3 Å². The molecule has 39 heavy (non-hydrogen) atoms. The number of carbonyl (C=O) groups is 2. The fraction of sp³-hybridized carbons (Fsp3) is 0.280. The SMILES string of the molecule is COCCN(CC(=O)N(Cc1ccc2c(c1)OCO2)Cc1cccs1)C(=O)c1cc([N+](=O)[O-])cc([N+](=O)[O-])c1. The van der Waals surface area contributed by atoms with Crippen molar-refractivity contribution >= 4 is 34.5 Å². The highest BCUT2D eigenvalue weighted by Crippen LogP contribution is 2.33. The summed E-state index contributed by atoms with van der Waals surface area (Å²) >= 11 is 1.48. The van der Waals surface area contributed by atoms with Crippen LogP contribution in [0.15, 0.2) is 53.9 Å². The minimum atomic E-state index is -0.817. The zero-order valence-corrected chi connectivity index (χ0v) is 21.6. The van der Waals surface area contributed by atoms with Crippen molar-refractivity contribution in [1.29, 1.82) is 0 Å². The van der Waals surface area contributed by atoms with Gasteiger partial charge in [0.25, 0.3) is 17.3 Å². The highest BCUT2D eigenvalue weighted by Gasteiger charge is 2.27. The predicted octanol–water partition coefficient (Wildman–Crippen LogP) is 3.61. The van der Waals surface area contributed by atoms with Gasteiger partial charge in [0.15, 0.2) is 11.5 Å². The minimum Gasteiger partial charge on any atom is -0.454 e. The second-order valence-corrected chi connectivity index (χ2v) is 9.52. The number of nitrogens with zero attached hydrogens (tertiary/aromatic N) is 4. The van der Waals surface area contributed by atoms with E-state index in [1.807, 2.05) is 23.6 Å². The Balaban J connectivity index is 1.59. The Hall–Kier alpha value is -4.56. The molecule has 4 rings (SSSR count). The molecule has 13 nitrogen and oxygen atoms in total. The summed E-state index contributed by atoms with van der Waals surface area (Å²) < 4.78 is 15.9. The second-order valence-electron chi connectivity index (χ2n) is 8.49. The first-order valence-electron chi connectivity index (χ1n) is 11.7. The smallest absolute Gasteiger partial charge is 0.277 e. The van der Waals surface area contributed by atoms with Gasteiger partial charge in [0.05, 0.1) is 34.6 Å². The van der Waals surface area contributed by atoms with Crippen LogP contribution in [-0.2, 0) is 22.6 Å². The van der Waals surface area contributed by atoms with Crippen LogP contribution < -0.4 is 9.47 Å². The van der Waals surface area contributed by atoms with Gasteiger partial charge in [-0.1, -0.05) is 12.1 Å². The van der Waals surface area contributed by atoms with E-state index in [2.05, 4.69) is 0 Å². The number of non-ortho nitro benzene ring substituents is 2. The molecule has 0 radical (unpaired) electrons. The number of hydrogen-bond donors (Lipinski definition) is 0. The average Bonchev–Trinajstić information content (AvgIpc) is 3.61. The van der Waals surface area contributed by atoms with E-state index in [0.717, 1.165) is 33.5 Å². The van der Waals surface area contributed by atoms with Crippen molar-refractivity contribution in [3.05, 3.63) is 90.1 Å². The highest BCUT2D eigenvalue weighted by molar-refractivity contribution is 7.09. The lowest BCUT2D eigenvalue weighted by Crippen LogP contribution is -2.43. The first kappa shape index (κ1) is 27.5. The topological polar surface area (TPSA) is 155 Å². The van der Waals surface area contributed by atoms with Gasteiger partial charge in [-0.05, 0) is 29.1 Å². The number of fused-ring (bicyclic) bond motifs is 1. The fourth-order valence-corrected chi connectivity index (χ4v) is 4.63. The van der Waals surface area contributed by atoms with Gasteiger partial charge in [0, 0.05) is 37.2 Å². The van der Waals surface area contributed by atoms with Crippen LogP contribution in [0, 0.1) is 20.2 Å². The molecule has 0 N–H and O–H groups in total. The lowest BCUT2D eigenvalue weighted by atomic mass is 10.1. The third kappa shape index (κ3) is 6.86. The Morgan fingerprint density at radius 3 is 2.33 bits per heavy atom. The summed E-state index contributed by atoms with van der Waals surface area (Å²) in [6.45, 7) is 0.274. The van der Waals surface area contributed by atoms with E-state index in [4.69, 9.17) is 14.2 Å². The number of thiophene rings is 1. The molecule has 1 aliphatic rings. The second kappa shape index (κ2) is 12.3. The summed E-state index contributed by atoms with van der Waals surface area (Å²) in [5, 5.41) is 24.5. The van der Waals surface area contributed by atoms with E-state index < -0.39 is 33.0 Å². The Labute approximate surface area is 226 Å². The third-order valence-electron chi connectivity index (χ3n) is 5.84. The van der Waals surface area contributed by atoms with Crippen molar-refractivity contribution < 1.29 is 33.6 Å². The van der Waals surface area contributed by atoms with Gasteiger partial charge in [0.1, 0.15) is 6.54 Å². The summed E-state index contributed by atoms with van der Waals surface area (Å²) in [6, 6.07) is 11.8. The van der Waals surface area contributed by atoms with Crippen LogP contribution in [0.2, 0.25) is 0 Å². The van der Waals surface area contributed by atoms with Gasteiger partial charge in [0.2, 0.25) is 12.7 Å². The summed E-state index contributed by atoms with van der Waals surface area (Å²) in [5.41, 5.74) is -0.700. The minimum absolute atomic E-state index is 0.0194. The number of methoxy groups -OCH3 is 1. The number of amides is 2. The van der Waals surface area contributed by atoms with Crippen molar-refractivity contribution in [2.24, 2.45) is 0 Å². The molecule has 0 atom stereocenters. The van der Waals surface area contributed by atoms with Gasteiger partial charge in [-0.15, -0.1) is 11.3 Å². The van der Waals surface area contributed by atoms with Gasteiger partial charge in [-0.2, -0.15) is 0 Å². The number of rotatable bonds is 12. The molecule has 0 fully saturated rings. The molecule has 204 valence electrons. The molecule has 0 spiro atoms. The first-order valence-corrected chi connectivity index (χ1v) is 12.5. The number of benzene rings is 2. The zero-order valence-electron chi connectivity index (χ0n) is 20.8. The molecule has 2 heterocycles. The molecule has 0 aliphatic carbocycles. The van der Waals surface area contributed by atoms with E-state index in [1.54, 1.807) is 17.0 Å². The largest absolute Gasteiger partial charge is 0.454 e. The lowest BCUT2D eigenvalue weighted by Gasteiger charge is -2.27. The van der Waals surface area contributed by atoms with Crippen molar-refractivity contribution in [3.63, 3.8) is 0 Å². The van der Waals surface area contributed by atoms with Gasteiger partial charge in [-0.3, -0.25) is 29.8 Å². The maximum atomic E-state index is 13.6. The quantitative estimate of drug-likeness (QED) is 0.240. The van der Waals surface area contributed by atoms with Gasteiger partial charge >= 0.3 is 0 Å². The number of nitro benzene ring substituents is 2. The average molecular weight is 557 g/mol. The van der Waals surface area contributed by atoms with Gasteiger partial charge < -0.3 is 24.0 Å². The van der Waals surface area contributed by atoms with E-state index >= 15 is 0 Å². The monoisotopic (exact) mass is 556 g/mol. The molecular weight excluding hydrogens is 532 g/mol. The molecule has 1 aromatic heterocycles. The molecule has 0 unspecified atom stereocenters.